The Morgan fingerprint density at radius 3 is 2.45 bits per heavy atom. The number of para-hydroxylation sites is 1. The van der Waals surface area contributed by atoms with E-state index in [4.69, 9.17) is 11.6 Å². The van der Waals surface area contributed by atoms with Gasteiger partial charge in [-0.1, -0.05) is 48.0 Å². The van der Waals surface area contributed by atoms with Crippen molar-refractivity contribution >= 4 is 43.9 Å². The summed E-state index contributed by atoms with van der Waals surface area (Å²) in [6.07, 6.45) is 1.01. The molecule has 5 nitrogen and oxygen atoms in total. The van der Waals surface area contributed by atoms with E-state index >= 15 is 0 Å². The number of amides is 1. The Labute approximate surface area is 183 Å². The van der Waals surface area contributed by atoms with Crippen molar-refractivity contribution in [3.8, 4) is 11.3 Å². The van der Waals surface area contributed by atoms with Gasteiger partial charge in [0.05, 0.1) is 27.4 Å². The zero-order chi connectivity index (χ0) is 22.2. The zero-order valence-corrected chi connectivity index (χ0v) is 17.8. The highest BCUT2D eigenvalue weighted by atomic mass is 35.5. The van der Waals surface area contributed by atoms with Crippen molar-refractivity contribution in [2.45, 2.75) is 4.90 Å². The van der Waals surface area contributed by atoms with Crippen LogP contribution in [0.2, 0.25) is 5.02 Å². The second-order valence-corrected chi connectivity index (χ2v) is 9.34. The first-order valence-corrected chi connectivity index (χ1v) is 11.5. The molecule has 4 rings (SSSR count). The van der Waals surface area contributed by atoms with Gasteiger partial charge in [0.15, 0.2) is 9.84 Å². The Morgan fingerprint density at radius 2 is 1.71 bits per heavy atom. The van der Waals surface area contributed by atoms with Crippen LogP contribution >= 0.6 is 11.6 Å². The van der Waals surface area contributed by atoms with Crippen LogP contribution in [0.5, 0.6) is 0 Å². The molecule has 4 aromatic rings. The molecule has 1 heterocycles. The van der Waals surface area contributed by atoms with Crippen molar-refractivity contribution in [2.24, 2.45) is 0 Å². The Bertz CT molecular complexity index is 1440. The molecule has 1 N–H and O–H groups in total. The number of carbonyl (C=O) groups excluding carboxylic acids is 1. The molecule has 1 amide bonds. The topological polar surface area (TPSA) is 76.1 Å². The summed E-state index contributed by atoms with van der Waals surface area (Å²) in [6.45, 7) is 0. The third-order valence-electron chi connectivity index (χ3n) is 4.72. The van der Waals surface area contributed by atoms with Crippen molar-refractivity contribution < 1.29 is 17.6 Å². The highest BCUT2D eigenvalue weighted by molar-refractivity contribution is 7.90. The number of aromatic nitrogens is 1. The van der Waals surface area contributed by atoms with E-state index < -0.39 is 21.6 Å². The van der Waals surface area contributed by atoms with Gasteiger partial charge in [0.2, 0.25) is 0 Å². The highest BCUT2D eigenvalue weighted by Gasteiger charge is 2.18. The molecule has 0 atom stereocenters. The Kier molecular flexibility index (Phi) is 5.47. The maximum atomic E-state index is 14.3. The second-order valence-electron chi connectivity index (χ2n) is 6.92. The SMILES string of the molecule is CS(=O)(=O)c1ccc(F)c(NC(=O)c2cc(-c3ccccc3Cl)nc3ccccc23)c1. The van der Waals surface area contributed by atoms with Crippen LogP contribution in [-0.2, 0) is 9.84 Å². The van der Waals surface area contributed by atoms with E-state index in [1.54, 1.807) is 48.5 Å². The predicted molar refractivity (Wildman–Crippen MR) is 120 cm³/mol. The summed E-state index contributed by atoms with van der Waals surface area (Å²) in [5.74, 6) is -1.35. The minimum absolute atomic E-state index is 0.0967. The second kappa shape index (κ2) is 8.09. The number of nitrogens with zero attached hydrogens (tertiary/aromatic N) is 1. The minimum Gasteiger partial charge on any atom is -0.319 e. The van der Waals surface area contributed by atoms with Crippen molar-refractivity contribution in [3.05, 3.63) is 89.2 Å². The molecule has 1 aromatic heterocycles. The predicted octanol–water partition coefficient (Wildman–Crippen LogP) is 5.35. The number of fused-ring (bicyclic) bond motifs is 1. The number of sulfone groups is 1. The lowest BCUT2D eigenvalue weighted by molar-refractivity contribution is 0.102. The van der Waals surface area contributed by atoms with E-state index in [0.717, 1.165) is 24.5 Å². The molecule has 0 spiro atoms. The molecule has 0 bridgehead atoms. The van der Waals surface area contributed by atoms with Crippen molar-refractivity contribution in [1.29, 1.82) is 0 Å². The van der Waals surface area contributed by atoms with E-state index in [1.807, 2.05) is 6.07 Å². The monoisotopic (exact) mass is 454 g/mol. The number of pyridine rings is 1. The number of carbonyl (C=O) groups is 1. The maximum Gasteiger partial charge on any atom is 0.256 e. The van der Waals surface area contributed by atoms with Crippen LogP contribution in [-0.4, -0.2) is 25.6 Å². The molecule has 8 heteroatoms. The first-order chi connectivity index (χ1) is 14.7. The van der Waals surface area contributed by atoms with E-state index in [0.29, 0.717) is 27.2 Å². The molecule has 0 radical (unpaired) electrons. The van der Waals surface area contributed by atoms with Gasteiger partial charge in [-0.15, -0.1) is 0 Å². The number of hydrogen-bond acceptors (Lipinski definition) is 4. The number of anilines is 1. The smallest absolute Gasteiger partial charge is 0.256 e. The lowest BCUT2D eigenvalue weighted by Crippen LogP contribution is -2.15. The fourth-order valence-corrected chi connectivity index (χ4v) is 4.07. The van der Waals surface area contributed by atoms with Gasteiger partial charge in [-0.25, -0.2) is 17.8 Å². The fraction of sp³-hybridized carbons (Fsp3) is 0.0435. The van der Waals surface area contributed by atoms with Gasteiger partial charge in [0.25, 0.3) is 5.91 Å². The van der Waals surface area contributed by atoms with Crippen molar-refractivity contribution in [2.75, 3.05) is 11.6 Å². The first-order valence-electron chi connectivity index (χ1n) is 9.20. The molecule has 156 valence electrons. The molecular formula is C23H16ClFN2O3S. The quantitative estimate of drug-likeness (QED) is 0.422. The van der Waals surface area contributed by atoms with Crippen LogP contribution in [0.4, 0.5) is 10.1 Å². The number of halogens is 2. The molecule has 0 unspecified atom stereocenters. The van der Waals surface area contributed by atoms with Gasteiger partial charge in [-0.05, 0) is 36.4 Å². The number of hydrogen-bond donors (Lipinski definition) is 1. The van der Waals surface area contributed by atoms with Crippen molar-refractivity contribution in [1.82, 2.24) is 4.98 Å². The lowest BCUT2D eigenvalue weighted by Gasteiger charge is -2.12. The average Bonchev–Trinajstić information content (AvgIpc) is 2.74. The van der Waals surface area contributed by atoms with Crippen LogP contribution in [0.3, 0.4) is 0 Å². The third kappa shape index (κ3) is 4.28. The summed E-state index contributed by atoms with van der Waals surface area (Å²) < 4.78 is 37.9. The van der Waals surface area contributed by atoms with Gasteiger partial charge in [-0.2, -0.15) is 0 Å². The fourth-order valence-electron chi connectivity index (χ4n) is 3.19. The van der Waals surface area contributed by atoms with E-state index in [9.17, 15) is 17.6 Å². The zero-order valence-electron chi connectivity index (χ0n) is 16.3. The Balaban J connectivity index is 1.83. The van der Waals surface area contributed by atoms with Gasteiger partial charge >= 0.3 is 0 Å². The number of nitrogens with one attached hydrogen (secondary N) is 1. The summed E-state index contributed by atoms with van der Waals surface area (Å²) in [6, 6.07) is 19.0. The summed E-state index contributed by atoms with van der Waals surface area (Å²) in [7, 11) is -3.57. The first kappa shape index (κ1) is 21.0. The Hall–Kier alpha value is -3.29. The standard InChI is InChI=1S/C23H16ClFN2O3S/c1-31(29,30)14-10-11-19(25)22(12-14)27-23(28)17-13-21(16-7-2-4-8-18(16)24)26-20-9-5-3-6-15(17)20/h2-13H,1H3,(H,27,28). The largest absolute Gasteiger partial charge is 0.319 e. The molecular weight excluding hydrogens is 439 g/mol. The normalized spacial score (nSPS) is 11.5. The van der Waals surface area contributed by atoms with E-state index in [-0.39, 0.29) is 16.1 Å². The van der Waals surface area contributed by atoms with Crippen molar-refractivity contribution in [3.63, 3.8) is 0 Å². The van der Waals surface area contributed by atoms with Gasteiger partial charge < -0.3 is 5.32 Å². The van der Waals surface area contributed by atoms with Gasteiger partial charge in [0.1, 0.15) is 5.82 Å². The van der Waals surface area contributed by atoms with Crippen LogP contribution in [0.25, 0.3) is 22.2 Å². The molecule has 0 aliphatic carbocycles. The molecule has 0 aliphatic heterocycles. The molecule has 3 aromatic carbocycles. The summed E-state index contributed by atoms with van der Waals surface area (Å²) >= 11 is 6.31. The molecule has 0 fully saturated rings. The van der Waals surface area contributed by atoms with Crippen LogP contribution in [0, 0.1) is 5.82 Å². The van der Waals surface area contributed by atoms with Gasteiger partial charge in [0, 0.05) is 22.2 Å². The summed E-state index contributed by atoms with van der Waals surface area (Å²) in [4.78, 5) is 17.6. The minimum atomic E-state index is -3.57. The third-order valence-corrected chi connectivity index (χ3v) is 6.16. The molecule has 31 heavy (non-hydrogen) atoms. The van der Waals surface area contributed by atoms with E-state index in [1.165, 1.54) is 0 Å². The van der Waals surface area contributed by atoms with Gasteiger partial charge in [-0.3, -0.25) is 4.79 Å². The average molecular weight is 455 g/mol. The highest BCUT2D eigenvalue weighted by Crippen LogP contribution is 2.30. The molecule has 0 saturated carbocycles. The lowest BCUT2D eigenvalue weighted by atomic mass is 10.0. The van der Waals surface area contributed by atoms with E-state index in [2.05, 4.69) is 10.3 Å². The van der Waals surface area contributed by atoms with Crippen LogP contribution < -0.4 is 5.32 Å². The summed E-state index contributed by atoms with van der Waals surface area (Å²) in [5, 5.41) is 3.53. The summed E-state index contributed by atoms with van der Waals surface area (Å²) in [5.41, 5.74) is 1.72. The molecule has 0 saturated heterocycles. The van der Waals surface area contributed by atoms with Crippen LogP contribution in [0.15, 0.2) is 77.7 Å². The maximum absolute atomic E-state index is 14.3. The number of rotatable bonds is 4. The molecule has 0 aliphatic rings. The number of benzene rings is 3. The van der Waals surface area contributed by atoms with Crippen LogP contribution in [0.1, 0.15) is 10.4 Å². The Morgan fingerprint density at radius 1 is 1.00 bits per heavy atom.